The van der Waals surface area contributed by atoms with Gasteiger partial charge in [0.05, 0.1) is 29.6 Å². The first-order chi connectivity index (χ1) is 11.5. The second-order valence-corrected chi connectivity index (χ2v) is 7.02. The van der Waals surface area contributed by atoms with E-state index in [2.05, 4.69) is 4.98 Å². The molecule has 2 aliphatic heterocycles. The number of amides is 1. The smallest absolute Gasteiger partial charge is 0.275 e. The molecular weight excluding hydrogens is 306 g/mol. The number of carbonyl (C=O) groups excluding carboxylic acids is 1. The Bertz CT molecular complexity index is 797. The molecule has 2 aliphatic rings. The third-order valence-electron chi connectivity index (χ3n) is 4.69. The molecule has 4 rings (SSSR count). The molecule has 2 aromatic rings. The van der Waals surface area contributed by atoms with Crippen LogP contribution < -0.4 is 4.74 Å². The summed E-state index contributed by atoms with van der Waals surface area (Å²) in [6.45, 7) is 7.46. The van der Waals surface area contributed by atoms with Gasteiger partial charge in [-0.05, 0) is 32.9 Å². The van der Waals surface area contributed by atoms with E-state index in [1.165, 1.54) is 0 Å². The van der Waals surface area contributed by atoms with Crippen LogP contribution in [0.15, 0.2) is 30.6 Å². The van der Waals surface area contributed by atoms with Crippen molar-refractivity contribution in [1.82, 2.24) is 14.5 Å². The van der Waals surface area contributed by atoms with Crippen molar-refractivity contribution in [3.8, 4) is 11.4 Å². The molecule has 24 heavy (non-hydrogen) atoms. The summed E-state index contributed by atoms with van der Waals surface area (Å²) in [5.41, 5.74) is 1.83. The summed E-state index contributed by atoms with van der Waals surface area (Å²) >= 11 is 0. The number of imidazole rings is 1. The molecule has 0 radical (unpaired) electrons. The SMILES string of the molecule is CC1CN(C(=O)c2ncn3c2COc2ccccc2-3)C(C)(C)CO1. The lowest BCUT2D eigenvalue weighted by molar-refractivity contribution is -0.0758. The Morgan fingerprint density at radius 2 is 2.12 bits per heavy atom. The average Bonchev–Trinajstić information content (AvgIpc) is 3.01. The zero-order valence-electron chi connectivity index (χ0n) is 14.2. The maximum atomic E-state index is 13.1. The summed E-state index contributed by atoms with van der Waals surface area (Å²) in [6.07, 6.45) is 1.73. The number of hydrogen-bond acceptors (Lipinski definition) is 4. The van der Waals surface area contributed by atoms with E-state index in [0.29, 0.717) is 25.5 Å². The number of rotatable bonds is 1. The number of ether oxygens (including phenoxy) is 2. The Kier molecular flexibility index (Phi) is 3.38. The first-order valence-corrected chi connectivity index (χ1v) is 8.19. The van der Waals surface area contributed by atoms with E-state index in [1.807, 2.05) is 54.5 Å². The van der Waals surface area contributed by atoms with Crippen LogP contribution in [0, 0.1) is 0 Å². The minimum Gasteiger partial charge on any atom is -0.485 e. The Hall–Kier alpha value is -2.34. The Morgan fingerprint density at radius 3 is 2.96 bits per heavy atom. The summed E-state index contributed by atoms with van der Waals surface area (Å²) in [4.78, 5) is 19.4. The molecule has 1 amide bonds. The molecule has 1 fully saturated rings. The topological polar surface area (TPSA) is 56.6 Å². The minimum absolute atomic E-state index is 0.0254. The maximum Gasteiger partial charge on any atom is 0.275 e. The molecule has 6 nitrogen and oxygen atoms in total. The van der Waals surface area contributed by atoms with E-state index in [9.17, 15) is 4.79 Å². The predicted molar refractivity (Wildman–Crippen MR) is 88.4 cm³/mol. The number of fused-ring (bicyclic) bond motifs is 3. The Labute approximate surface area is 141 Å². The Morgan fingerprint density at radius 1 is 1.33 bits per heavy atom. The number of benzene rings is 1. The summed E-state index contributed by atoms with van der Waals surface area (Å²) in [6, 6.07) is 7.78. The fourth-order valence-corrected chi connectivity index (χ4v) is 3.29. The molecule has 0 spiro atoms. The molecule has 1 aromatic heterocycles. The van der Waals surface area contributed by atoms with Crippen molar-refractivity contribution in [3.63, 3.8) is 0 Å². The van der Waals surface area contributed by atoms with Crippen LogP contribution in [0.4, 0.5) is 0 Å². The van der Waals surface area contributed by atoms with Crippen LogP contribution in [0.3, 0.4) is 0 Å². The lowest BCUT2D eigenvalue weighted by Crippen LogP contribution is -2.58. The first kappa shape index (κ1) is 15.2. The van der Waals surface area contributed by atoms with Gasteiger partial charge in [0.15, 0.2) is 5.69 Å². The Balaban J connectivity index is 1.72. The number of morpholine rings is 1. The quantitative estimate of drug-likeness (QED) is 0.807. The number of carbonyl (C=O) groups is 1. The minimum atomic E-state index is -0.354. The predicted octanol–water partition coefficient (Wildman–Crippen LogP) is 2.40. The molecule has 3 heterocycles. The van der Waals surface area contributed by atoms with Crippen LogP contribution in [-0.2, 0) is 11.3 Å². The van der Waals surface area contributed by atoms with Gasteiger partial charge in [0.1, 0.15) is 18.7 Å². The van der Waals surface area contributed by atoms with Gasteiger partial charge >= 0.3 is 0 Å². The van der Waals surface area contributed by atoms with Crippen molar-refractivity contribution >= 4 is 5.91 Å². The molecule has 0 bridgehead atoms. The van der Waals surface area contributed by atoms with Gasteiger partial charge in [0, 0.05) is 6.54 Å². The van der Waals surface area contributed by atoms with E-state index < -0.39 is 0 Å². The third-order valence-corrected chi connectivity index (χ3v) is 4.69. The monoisotopic (exact) mass is 327 g/mol. The highest BCUT2D eigenvalue weighted by Gasteiger charge is 2.39. The van der Waals surface area contributed by atoms with Crippen LogP contribution >= 0.6 is 0 Å². The molecule has 0 saturated carbocycles. The molecule has 0 aliphatic carbocycles. The van der Waals surface area contributed by atoms with Crippen molar-refractivity contribution in [1.29, 1.82) is 0 Å². The highest BCUT2D eigenvalue weighted by Crippen LogP contribution is 2.32. The van der Waals surface area contributed by atoms with Crippen LogP contribution in [0.1, 0.15) is 37.0 Å². The van der Waals surface area contributed by atoms with Gasteiger partial charge < -0.3 is 14.4 Å². The summed E-state index contributed by atoms with van der Waals surface area (Å²) in [5, 5.41) is 0. The van der Waals surface area contributed by atoms with Crippen molar-refractivity contribution in [2.45, 2.75) is 39.0 Å². The van der Waals surface area contributed by atoms with Gasteiger partial charge in [0.2, 0.25) is 0 Å². The molecular formula is C18H21N3O3. The van der Waals surface area contributed by atoms with Crippen LogP contribution in [-0.4, -0.2) is 45.2 Å². The fraction of sp³-hybridized carbons (Fsp3) is 0.444. The second-order valence-electron chi connectivity index (χ2n) is 7.02. The van der Waals surface area contributed by atoms with E-state index in [0.717, 1.165) is 17.1 Å². The zero-order valence-corrected chi connectivity index (χ0v) is 14.2. The molecule has 0 N–H and O–H groups in total. The van der Waals surface area contributed by atoms with Gasteiger partial charge in [-0.2, -0.15) is 0 Å². The van der Waals surface area contributed by atoms with E-state index in [1.54, 1.807) is 6.33 Å². The highest BCUT2D eigenvalue weighted by atomic mass is 16.5. The third kappa shape index (κ3) is 2.29. The molecule has 126 valence electrons. The number of nitrogens with zero attached hydrogens (tertiary/aromatic N) is 3. The van der Waals surface area contributed by atoms with Gasteiger partial charge in [0.25, 0.3) is 5.91 Å². The van der Waals surface area contributed by atoms with Gasteiger partial charge in [-0.1, -0.05) is 12.1 Å². The van der Waals surface area contributed by atoms with E-state index in [-0.39, 0.29) is 17.6 Å². The summed E-state index contributed by atoms with van der Waals surface area (Å²) in [7, 11) is 0. The van der Waals surface area contributed by atoms with Gasteiger partial charge in [-0.3, -0.25) is 9.36 Å². The fourth-order valence-electron chi connectivity index (χ4n) is 3.29. The molecule has 1 unspecified atom stereocenters. The van der Waals surface area contributed by atoms with Crippen molar-refractivity contribution in [2.75, 3.05) is 13.2 Å². The normalized spacial score (nSPS) is 21.6. The molecule has 6 heteroatoms. The average molecular weight is 327 g/mol. The largest absolute Gasteiger partial charge is 0.485 e. The lowest BCUT2D eigenvalue weighted by Gasteiger charge is -2.44. The zero-order chi connectivity index (χ0) is 16.9. The molecule has 1 atom stereocenters. The van der Waals surface area contributed by atoms with Crippen molar-refractivity contribution in [3.05, 3.63) is 42.0 Å². The van der Waals surface area contributed by atoms with Gasteiger partial charge in [-0.15, -0.1) is 0 Å². The molecule has 1 saturated heterocycles. The van der Waals surface area contributed by atoms with Crippen LogP contribution in [0.2, 0.25) is 0 Å². The standard InChI is InChI=1S/C18H21N3O3/c1-12-8-21(18(2,3)10-24-12)17(22)16-14-9-23-15-7-5-4-6-13(15)20(14)11-19-16/h4-7,11-12H,8-10H2,1-3H3. The van der Waals surface area contributed by atoms with E-state index in [4.69, 9.17) is 9.47 Å². The van der Waals surface area contributed by atoms with Crippen LogP contribution in [0.25, 0.3) is 5.69 Å². The molecule has 1 aromatic carbocycles. The first-order valence-electron chi connectivity index (χ1n) is 8.19. The van der Waals surface area contributed by atoms with Crippen molar-refractivity contribution < 1.29 is 14.3 Å². The summed E-state index contributed by atoms with van der Waals surface area (Å²) in [5.74, 6) is 0.744. The highest BCUT2D eigenvalue weighted by molar-refractivity contribution is 5.94. The van der Waals surface area contributed by atoms with Gasteiger partial charge in [-0.25, -0.2) is 4.98 Å². The van der Waals surface area contributed by atoms with Crippen LogP contribution in [0.5, 0.6) is 5.75 Å². The second kappa shape index (κ2) is 5.34. The van der Waals surface area contributed by atoms with E-state index >= 15 is 0 Å². The lowest BCUT2D eigenvalue weighted by atomic mass is 10.00. The maximum absolute atomic E-state index is 13.1. The number of aromatic nitrogens is 2. The number of para-hydroxylation sites is 2. The number of hydrogen-bond donors (Lipinski definition) is 0. The van der Waals surface area contributed by atoms with Crippen molar-refractivity contribution in [2.24, 2.45) is 0 Å². The summed E-state index contributed by atoms with van der Waals surface area (Å²) < 4.78 is 13.5.